The number of piperazine rings is 1. The average molecular weight is 385 g/mol. The Hall–Kier alpha value is -2.86. The number of benzene rings is 2. The number of aromatic amines is 1. The van der Waals surface area contributed by atoms with Crippen LogP contribution in [0.4, 0.5) is 10.2 Å². The second-order valence-electron chi connectivity index (χ2n) is 6.41. The molecule has 4 rings (SSSR count). The van der Waals surface area contributed by atoms with Gasteiger partial charge in [-0.05, 0) is 23.8 Å². The lowest BCUT2D eigenvalue weighted by Gasteiger charge is -2.35. The Labute approximate surface area is 161 Å². The lowest BCUT2D eigenvalue weighted by molar-refractivity contribution is 0.0746. The van der Waals surface area contributed by atoms with Crippen LogP contribution in [-0.4, -0.2) is 47.2 Å². The van der Waals surface area contributed by atoms with Gasteiger partial charge in [-0.1, -0.05) is 41.9 Å². The lowest BCUT2D eigenvalue weighted by Crippen LogP contribution is -2.49. The van der Waals surface area contributed by atoms with Crippen LogP contribution in [0.25, 0.3) is 11.3 Å². The van der Waals surface area contributed by atoms with E-state index in [0.717, 1.165) is 17.1 Å². The van der Waals surface area contributed by atoms with Crippen LogP contribution in [0.1, 0.15) is 10.4 Å². The first-order chi connectivity index (χ1) is 13.1. The van der Waals surface area contributed by atoms with Gasteiger partial charge in [0.1, 0.15) is 5.82 Å². The number of amides is 1. The molecule has 7 heteroatoms. The fourth-order valence-electron chi connectivity index (χ4n) is 3.21. The van der Waals surface area contributed by atoms with Crippen LogP contribution in [0.3, 0.4) is 0 Å². The van der Waals surface area contributed by atoms with Crippen molar-refractivity contribution in [2.75, 3.05) is 31.1 Å². The number of nitrogens with one attached hydrogen (secondary N) is 1. The number of anilines is 1. The van der Waals surface area contributed by atoms with Gasteiger partial charge in [-0.15, -0.1) is 0 Å². The molecule has 0 spiro atoms. The highest BCUT2D eigenvalue weighted by Gasteiger charge is 2.25. The first-order valence-corrected chi connectivity index (χ1v) is 9.10. The standard InChI is InChI=1S/C20H18ClFN4O/c21-17-7-6-15(22)12-16(17)20(27)26-10-8-25(9-11-26)19-13-18(23-24-19)14-4-2-1-3-5-14/h1-7,12-13H,8-11H2,(H,23,24). The molecular weight excluding hydrogens is 367 g/mol. The maximum Gasteiger partial charge on any atom is 0.255 e. The highest BCUT2D eigenvalue weighted by Crippen LogP contribution is 2.24. The van der Waals surface area contributed by atoms with E-state index in [-0.39, 0.29) is 16.5 Å². The maximum atomic E-state index is 13.5. The van der Waals surface area contributed by atoms with Crippen molar-refractivity contribution in [3.63, 3.8) is 0 Å². The predicted molar refractivity (Wildman–Crippen MR) is 104 cm³/mol. The Kier molecular flexibility index (Phi) is 4.81. The normalized spacial score (nSPS) is 14.4. The molecule has 0 saturated carbocycles. The molecule has 2 heterocycles. The van der Waals surface area contributed by atoms with E-state index in [0.29, 0.717) is 26.2 Å². The molecule has 3 aromatic rings. The van der Waals surface area contributed by atoms with Crippen molar-refractivity contribution >= 4 is 23.3 Å². The summed E-state index contributed by atoms with van der Waals surface area (Å²) in [5.41, 5.74) is 2.23. The SMILES string of the molecule is O=C(c1cc(F)ccc1Cl)N1CCN(c2cc(-c3ccccc3)[nH]n2)CC1. The van der Waals surface area contributed by atoms with E-state index in [1.165, 1.54) is 18.2 Å². The van der Waals surface area contributed by atoms with Crippen molar-refractivity contribution in [3.05, 3.63) is 71.0 Å². The van der Waals surface area contributed by atoms with Crippen molar-refractivity contribution in [3.8, 4) is 11.3 Å². The molecule has 5 nitrogen and oxygen atoms in total. The minimum atomic E-state index is -0.466. The molecule has 1 amide bonds. The summed E-state index contributed by atoms with van der Waals surface area (Å²) < 4.78 is 13.5. The summed E-state index contributed by atoms with van der Waals surface area (Å²) in [5, 5.41) is 7.73. The van der Waals surface area contributed by atoms with Crippen molar-refractivity contribution in [1.29, 1.82) is 0 Å². The Morgan fingerprint density at radius 1 is 1.04 bits per heavy atom. The zero-order valence-corrected chi connectivity index (χ0v) is 15.3. The largest absolute Gasteiger partial charge is 0.352 e. The van der Waals surface area contributed by atoms with Crippen LogP contribution < -0.4 is 4.90 Å². The first kappa shape index (κ1) is 17.5. The van der Waals surface area contributed by atoms with E-state index >= 15 is 0 Å². The molecular formula is C20H18ClFN4O. The predicted octanol–water partition coefficient (Wildman–Crippen LogP) is 3.83. The van der Waals surface area contributed by atoms with Crippen molar-refractivity contribution in [2.45, 2.75) is 0 Å². The second-order valence-corrected chi connectivity index (χ2v) is 6.82. The number of hydrogen-bond acceptors (Lipinski definition) is 3. The summed E-state index contributed by atoms with van der Waals surface area (Å²) in [6, 6.07) is 15.9. The Morgan fingerprint density at radius 3 is 2.52 bits per heavy atom. The van der Waals surface area contributed by atoms with E-state index in [1.807, 2.05) is 36.4 Å². The van der Waals surface area contributed by atoms with Crippen LogP contribution >= 0.6 is 11.6 Å². The number of carbonyl (C=O) groups excluding carboxylic acids is 1. The van der Waals surface area contributed by atoms with E-state index in [9.17, 15) is 9.18 Å². The molecule has 0 radical (unpaired) electrons. The molecule has 1 N–H and O–H groups in total. The van der Waals surface area contributed by atoms with E-state index in [1.54, 1.807) is 4.90 Å². The molecule has 1 aliphatic heterocycles. The van der Waals surface area contributed by atoms with E-state index < -0.39 is 5.82 Å². The van der Waals surface area contributed by atoms with E-state index in [4.69, 9.17) is 11.6 Å². The minimum absolute atomic E-state index is 0.205. The quantitative estimate of drug-likeness (QED) is 0.746. The highest BCUT2D eigenvalue weighted by atomic mass is 35.5. The Balaban J connectivity index is 1.43. The number of rotatable bonds is 3. The number of hydrogen-bond donors (Lipinski definition) is 1. The van der Waals surface area contributed by atoms with Gasteiger partial charge >= 0.3 is 0 Å². The van der Waals surface area contributed by atoms with Gasteiger partial charge < -0.3 is 9.80 Å². The number of nitrogens with zero attached hydrogens (tertiary/aromatic N) is 3. The topological polar surface area (TPSA) is 52.2 Å². The molecule has 1 aromatic heterocycles. The fourth-order valence-corrected chi connectivity index (χ4v) is 3.41. The Morgan fingerprint density at radius 2 is 1.78 bits per heavy atom. The number of aromatic nitrogens is 2. The molecule has 0 bridgehead atoms. The molecule has 0 atom stereocenters. The monoisotopic (exact) mass is 384 g/mol. The number of H-pyrrole nitrogens is 1. The van der Waals surface area contributed by atoms with Crippen LogP contribution in [-0.2, 0) is 0 Å². The molecule has 1 saturated heterocycles. The second kappa shape index (κ2) is 7.40. The summed E-state index contributed by atoms with van der Waals surface area (Å²) in [7, 11) is 0. The van der Waals surface area contributed by atoms with Gasteiger partial charge in [-0.3, -0.25) is 9.89 Å². The van der Waals surface area contributed by atoms with Gasteiger partial charge in [0.15, 0.2) is 5.82 Å². The molecule has 0 aliphatic carbocycles. The molecule has 27 heavy (non-hydrogen) atoms. The van der Waals surface area contributed by atoms with Gasteiger partial charge in [0.05, 0.1) is 16.3 Å². The van der Waals surface area contributed by atoms with Gasteiger partial charge in [-0.2, -0.15) is 5.10 Å². The molecule has 0 unspecified atom stereocenters. The van der Waals surface area contributed by atoms with Gasteiger partial charge in [-0.25, -0.2) is 4.39 Å². The lowest BCUT2D eigenvalue weighted by atomic mass is 10.1. The van der Waals surface area contributed by atoms with Crippen LogP contribution in [0, 0.1) is 5.82 Å². The highest BCUT2D eigenvalue weighted by molar-refractivity contribution is 6.33. The van der Waals surface area contributed by atoms with E-state index in [2.05, 4.69) is 15.1 Å². The average Bonchev–Trinajstić information content (AvgIpc) is 3.20. The van der Waals surface area contributed by atoms with Crippen LogP contribution in [0.2, 0.25) is 5.02 Å². The van der Waals surface area contributed by atoms with Crippen molar-refractivity contribution in [2.24, 2.45) is 0 Å². The molecule has 1 fully saturated rings. The molecule has 138 valence electrons. The smallest absolute Gasteiger partial charge is 0.255 e. The summed E-state index contributed by atoms with van der Waals surface area (Å²) in [4.78, 5) is 16.5. The third-order valence-electron chi connectivity index (χ3n) is 4.70. The molecule has 2 aromatic carbocycles. The van der Waals surface area contributed by atoms with Crippen LogP contribution in [0.5, 0.6) is 0 Å². The van der Waals surface area contributed by atoms with Crippen molar-refractivity contribution < 1.29 is 9.18 Å². The summed E-state index contributed by atoms with van der Waals surface area (Å²) in [6.07, 6.45) is 0. The third kappa shape index (κ3) is 3.66. The number of carbonyl (C=O) groups is 1. The van der Waals surface area contributed by atoms with Gasteiger partial charge in [0.25, 0.3) is 5.91 Å². The van der Waals surface area contributed by atoms with Gasteiger partial charge in [0.2, 0.25) is 0 Å². The Bertz CT molecular complexity index is 952. The summed E-state index contributed by atoms with van der Waals surface area (Å²) in [6.45, 7) is 2.36. The maximum absolute atomic E-state index is 13.5. The van der Waals surface area contributed by atoms with Gasteiger partial charge in [0, 0.05) is 32.2 Å². The molecule has 1 aliphatic rings. The minimum Gasteiger partial charge on any atom is -0.352 e. The summed E-state index contributed by atoms with van der Waals surface area (Å²) >= 11 is 6.06. The zero-order valence-electron chi connectivity index (χ0n) is 14.5. The first-order valence-electron chi connectivity index (χ1n) is 8.72. The fraction of sp³-hybridized carbons (Fsp3) is 0.200. The van der Waals surface area contributed by atoms with Crippen molar-refractivity contribution in [1.82, 2.24) is 15.1 Å². The summed E-state index contributed by atoms with van der Waals surface area (Å²) in [5.74, 6) is 0.141. The third-order valence-corrected chi connectivity index (χ3v) is 5.03. The number of halogens is 2. The zero-order chi connectivity index (χ0) is 18.8. The van der Waals surface area contributed by atoms with Crippen LogP contribution in [0.15, 0.2) is 54.6 Å².